The van der Waals surface area contributed by atoms with Gasteiger partial charge < -0.3 is 15.0 Å². The molecule has 7 heteroatoms. The van der Waals surface area contributed by atoms with Crippen LogP contribution < -0.4 is 5.32 Å². The Morgan fingerprint density at radius 2 is 2.00 bits per heavy atom. The number of aromatic amines is 1. The van der Waals surface area contributed by atoms with Crippen molar-refractivity contribution in [1.29, 1.82) is 0 Å². The van der Waals surface area contributed by atoms with E-state index in [-0.39, 0.29) is 17.8 Å². The molecule has 1 aliphatic rings. The Kier molecular flexibility index (Phi) is 5.69. The normalized spacial score (nSPS) is 17.2. The highest BCUT2D eigenvalue weighted by Gasteiger charge is 2.27. The minimum Gasteiger partial charge on any atom is -0.378 e. The zero-order valence-corrected chi connectivity index (χ0v) is 16.2. The first-order valence-corrected chi connectivity index (χ1v) is 9.57. The molecule has 29 heavy (non-hydrogen) atoms. The molecular weight excluding hydrogens is 371 g/mol. The number of amides is 1. The number of aromatic nitrogens is 2. The number of morpholine rings is 1. The van der Waals surface area contributed by atoms with Gasteiger partial charge >= 0.3 is 0 Å². The molecule has 2 N–H and O–H groups in total. The van der Waals surface area contributed by atoms with E-state index in [0.717, 1.165) is 41.4 Å². The van der Waals surface area contributed by atoms with Crippen LogP contribution in [0.2, 0.25) is 0 Å². The molecule has 0 spiro atoms. The average molecular weight is 394 g/mol. The Morgan fingerprint density at radius 3 is 2.72 bits per heavy atom. The van der Waals surface area contributed by atoms with Crippen LogP contribution in [0.4, 0.5) is 10.1 Å². The van der Waals surface area contributed by atoms with Crippen molar-refractivity contribution in [2.45, 2.75) is 19.5 Å². The van der Waals surface area contributed by atoms with E-state index in [2.05, 4.69) is 20.2 Å². The third-order valence-electron chi connectivity index (χ3n) is 4.97. The first-order valence-electron chi connectivity index (χ1n) is 9.57. The molecule has 1 aromatic heterocycles. The third kappa shape index (κ3) is 4.70. The fourth-order valence-corrected chi connectivity index (χ4v) is 3.49. The molecule has 4 rings (SSSR count). The molecule has 1 amide bonds. The van der Waals surface area contributed by atoms with E-state index in [4.69, 9.17) is 4.74 Å². The monoisotopic (exact) mass is 394 g/mol. The van der Waals surface area contributed by atoms with Crippen LogP contribution in [-0.2, 0) is 16.1 Å². The lowest BCUT2D eigenvalue weighted by molar-refractivity contribution is -0.114. The summed E-state index contributed by atoms with van der Waals surface area (Å²) in [6, 6.07) is 14.2. The van der Waals surface area contributed by atoms with E-state index in [1.807, 2.05) is 24.3 Å². The maximum atomic E-state index is 13.2. The number of carbonyl (C=O) groups is 1. The molecule has 2 aromatic carbocycles. The van der Waals surface area contributed by atoms with Gasteiger partial charge in [-0.2, -0.15) is 0 Å². The van der Waals surface area contributed by atoms with E-state index in [9.17, 15) is 9.18 Å². The summed E-state index contributed by atoms with van der Waals surface area (Å²) in [4.78, 5) is 21.4. The highest BCUT2D eigenvalue weighted by Crippen LogP contribution is 2.27. The largest absolute Gasteiger partial charge is 0.378 e. The van der Waals surface area contributed by atoms with Gasteiger partial charge in [-0.25, -0.2) is 9.37 Å². The maximum absolute atomic E-state index is 13.2. The summed E-state index contributed by atoms with van der Waals surface area (Å²) in [6.45, 7) is 4.27. The smallest absolute Gasteiger partial charge is 0.221 e. The van der Waals surface area contributed by atoms with Gasteiger partial charge in [-0.3, -0.25) is 9.69 Å². The fourth-order valence-electron chi connectivity index (χ4n) is 3.49. The van der Waals surface area contributed by atoms with E-state index < -0.39 is 0 Å². The van der Waals surface area contributed by atoms with Crippen LogP contribution >= 0.6 is 0 Å². The Labute approximate surface area is 168 Å². The number of imidazole rings is 1. The van der Waals surface area contributed by atoms with Crippen LogP contribution in [-0.4, -0.2) is 40.5 Å². The first-order chi connectivity index (χ1) is 14.1. The van der Waals surface area contributed by atoms with Crippen LogP contribution in [0.15, 0.2) is 54.7 Å². The minimum atomic E-state index is -0.259. The summed E-state index contributed by atoms with van der Waals surface area (Å²) in [5, 5.41) is 2.78. The van der Waals surface area contributed by atoms with Gasteiger partial charge in [0.15, 0.2) is 0 Å². The quantitative estimate of drug-likeness (QED) is 0.692. The molecule has 1 atom stereocenters. The topological polar surface area (TPSA) is 70.2 Å². The van der Waals surface area contributed by atoms with Gasteiger partial charge in [-0.05, 0) is 47.5 Å². The second kappa shape index (κ2) is 8.55. The number of anilines is 1. The van der Waals surface area contributed by atoms with E-state index in [0.29, 0.717) is 13.2 Å². The molecule has 0 bridgehead atoms. The van der Waals surface area contributed by atoms with Gasteiger partial charge in [-0.1, -0.05) is 12.1 Å². The van der Waals surface area contributed by atoms with Crippen molar-refractivity contribution < 1.29 is 13.9 Å². The van der Waals surface area contributed by atoms with Crippen molar-refractivity contribution in [2.24, 2.45) is 0 Å². The number of H-pyrrole nitrogens is 1. The number of nitrogens with zero attached hydrogens (tertiary/aromatic N) is 2. The van der Waals surface area contributed by atoms with Crippen LogP contribution in [0, 0.1) is 5.82 Å². The lowest BCUT2D eigenvalue weighted by Crippen LogP contribution is -2.39. The number of carbonyl (C=O) groups excluding carboxylic acids is 1. The van der Waals surface area contributed by atoms with Gasteiger partial charge in [0.25, 0.3) is 0 Å². The minimum absolute atomic E-state index is 0.00738. The predicted octanol–water partition coefficient (Wildman–Crippen LogP) is 3.75. The fraction of sp³-hybridized carbons (Fsp3) is 0.273. The van der Waals surface area contributed by atoms with Crippen LogP contribution in [0.3, 0.4) is 0 Å². The second-order valence-corrected chi connectivity index (χ2v) is 7.13. The predicted molar refractivity (Wildman–Crippen MR) is 109 cm³/mol. The Hall–Kier alpha value is -3.03. The summed E-state index contributed by atoms with van der Waals surface area (Å²) in [7, 11) is 0. The Bertz CT molecular complexity index is 969. The van der Waals surface area contributed by atoms with Crippen LogP contribution in [0.25, 0.3) is 11.3 Å². The third-order valence-corrected chi connectivity index (χ3v) is 4.97. The molecule has 1 saturated heterocycles. The number of benzene rings is 2. The molecule has 0 radical (unpaired) electrons. The number of halogens is 1. The number of ether oxygens (including phenoxy) is 1. The lowest BCUT2D eigenvalue weighted by atomic mass is 10.1. The van der Waals surface area contributed by atoms with Crippen molar-refractivity contribution in [3.8, 4) is 11.3 Å². The first kappa shape index (κ1) is 19.3. The summed E-state index contributed by atoms with van der Waals surface area (Å²) in [6.07, 6.45) is 1.78. The zero-order valence-electron chi connectivity index (χ0n) is 16.2. The highest BCUT2D eigenvalue weighted by molar-refractivity contribution is 5.88. The summed E-state index contributed by atoms with van der Waals surface area (Å²) < 4.78 is 18.9. The molecular formula is C22H23FN4O2. The molecule has 0 saturated carbocycles. The zero-order chi connectivity index (χ0) is 20.2. The Morgan fingerprint density at radius 1 is 1.24 bits per heavy atom. The van der Waals surface area contributed by atoms with Crippen molar-refractivity contribution in [1.82, 2.24) is 14.9 Å². The average Bonchev–Trinajstić information content (AvgIpc) is 3.20. The summed E-state index contributed by atoms with van der Waals surface area (Å²) >= 11 is 0. The molecule has 2 heterocycles. The molecule has 1 unspecified atom stereocenters. The number of hydrogen-bond donors (Lipinski definition) is 2. The summed E-state index contributed by atoms with van der Waals surface area (Å²) in [5.41, 5.74) is 3.68. The molecule has 1 fully saturated rings. The SMILES string of the molecule is CC(=O)Nc1ccc(CN2CCOCC2c2ncc(-c3ccc(F)cc3)[nH]2)cc1. The molecule has 6 nitrogen and oxygen atoms in total. The molecule has 1 aliphatic heterocycles. The van der Waals surface area contributed by atoms with E-state index in [1.54, 1.807) is 18.3 Å². The van der Waals surface area contributed by atoms with Gasteiger partial charge in [0.05, 0.1) is 31.1 Å². The number of hydrogen-bond acceptors (Lipinski definition) is 4. The van der Waals surface area contributed by atoms with Crippen LogP contribution in [0.1, 0.15) is 24.4 Å². The molecule has 150 valence electrons. The Balaban J connectivity index is 1.49. The van der Waals surface area contributed by atoms with Gasteiger partial charge in [0.1, 0.15) is 11.6 Å². The van der Waals surface area contributed by atoms with E-state index in [1.165, 1.54) is 19.1 Å². The van der Waals surface area contributed by atoms with Crippen molar-refractivity contribution in [3.05, 3.63) is 71.9 Å². The van der Waals surface area contributed by atoms with Crippen LogP contribution in [0.5, 0.6) is 0 Å². The summed E-state index contributed by atoms with van der Waals surface area (Å²) in [5.74, 6) is 0.490. The maximum Gasteiger partial charge on any atom is 0.221 e. The highest BCUT2D eigenvalue weighted by atomic mass is 19.1. The standard InChI is InChI=1S/C22H23FN4O2/c1-15(28)25-19-8-2-16(3-9-19)13-27-10-11-29-14-21(27)22-24-12-20(26-22)17-4-6-18(23)7-5-17/h2-9,12,21H,10-11,13-14H2,1H3,(H,24,26)(H,25,28). The van der Waals surface area contributed by atoms with Crippen molar-refractivity contribution in [2.75, 3.05) is 25.1 Å². The van der Waals surface area contributed by atoms with E-state index >= 15 is 0 Å². The number of rotatable bonds is 5. The van der Waals surface area contributed by atoms with Crippen molar-refractivity contribution >= 4 is 11.6 Å². The molecule has 0 aliphatic carbocycles. The van der Waals surface area contributed by atoms with Gasteiger partial charge in [-0.15, -0.1) is 0 Å². The van der Waals surface area contributed by atoms with Gasteiger partial charge in [0.2, 0.25) is 5.91 Å². The van der Waals surface area contributed by atoms with Gasteiger partial charge in [0, 0.05) is 25.7 Å². The number of nitrogens with one attached hydrogen (secondary N) is 2. The lowest BCUT2D eigenvalue weighted by Gasteiger charge is -2.34. The molecule has 3 aromatic rings. The van der Waals surface area contributed by atoms with Crippen molar-refractivity contribution in [3.63, 3.8) is 0 Å². The second-order valence-electron chi connectivity index (χ2n) is 7.13.